The number of alkyl carbamates (subject to hydrolysis) is 1. The maximum absolute atomic E-state index is 11.7. The molecule has 0 aliphatic heterocycles. The van der Waals surface area contributed by atoms with Crippen molar-refractivity contribution < 1.29 is 29.0 Å². The molecule has 0 radical (unpaired) electrons. The first kappa shape index (κ1) is 17.5. The van der Waals surface area contributed by atoms with Gasteiger partial charge in [-0.25, -0.2) is 4.79 Å². The smallest absolute Gasteiger partial charge is 0.407 e. The van der Waals surface area contributed by atoms with E-state index in [1.54, 1.807) is 0 Å². The molecule has 120 valence electrons. The van der Waals surface area contributed by atoms with Gasteiger partial charge in [0.2, 0.25) is 0 Å². The van der Waals surface area contributed by atoms with Gasteiger partial charge in [0.15, 0.2) is 0 Å². The number of hydrogen-bond acceptors (Lipinski definition) is 5. The number of amides is 1. The Morgan fingerprint density at radius 1 is 1.23 bits per heavy atom. The predicted molar refractivity (Wildman–Crippen MR) is 77.1 cm³/mol. The van der Waals surface area contributed by atoms with E-state index in [0.29, 0.717) is 0 Å². The van der Waals surface area contributed by atoms with Crippen LogP contribution in [0, 0.1) is 0 Å². The highest BCUT2D eigenvalue weighted by atomic mass is 16.5. The molecule has 0 aliphatic rings. The van der Waals surface area contributed by atoms with Gasteiger partial charge in [0, 0.05) is 12.5 Å². The number of carboxylic acid groups (broad SMARTS) is 1. The fraction of sp³-hybridized carbons (Fsp3) is 0.400. The van der Waals surface area contributed by atoms with E-state index in [1.807, 2.05) is 30.3 Å². The van der Waals surface area contributed by atoms with Crippen molar-refractivity contribution in [2.45, 2.75) is 31.9 Å². The molecule has 0 saturated carbocycles. The summed E-state index contributed by atoms with van der Waals surface area (Å²) >= 11 is 0. The molecule has 0 heterocycles. The van der Waals surface area contributed by atoms with E-state index in [4.69, 9.17) is 9.84 Å². The summed E-state index contributed by atoms with van der Waals surface area (Å²) in [5.74, 6) is -1.53. The van der Waals surface area contributed by atoms with Gasteiger partial charge in [-0.1, -0.05) is 30.3 Å². The van der Waals surface area contributed by atoms with Crippen molar-refractivity contribution in [2.75, 3.05) is 7.11 Å². The van der Waals surface area contributed by atoms with Crippen molar-refractivity contribution in [1.29, 1.82) is 0 Å². The summed E-state index contributed by atoms with van der Waals surface area (Å²) in [6, 6.07) is 8.47. The minimum absolute atomic E-state index is 0.0938. The van der Waals surface area contributed by atoms with Gasteiger partial charge in [-0.2, -0.15) is 0 Å². The number of esters is 1. The van der Waals surface area contributed by atoms with Crippen LogP contribution in [0.15, 0.2) is 30.3 Å². The second kappa shape index (κ2) is 9.38. The van der Waals surface area contributed by atoms with E-state index in [1.165, 1.54) is 7.11 Å². The van der Waals surface area contributed by atoms with Gasteiger partial charge in [-0.3, -0.25) is 9.59 Å². The molecule has 0 aromatic heterocycles. The first-order chi connectivity index (χ1) is 10.5. The fourth-order valence-electron chi connectivity index (χ4n) is 1.74. The van der Waals surface area contributed by atoms with E-state index in [9.17, 15) is 14.4 Å². The predicted octanol–water partition coefficient (Wildman–Crippen LogP) is 1.71. The fourth-order valence-corrected chi connectivity index (χ4v) is 1.74. The zero-order chi connectivity index (χ0) is 16.4. The van der Waals surface area contributed by atoms with Crippen LogP contribution in [0.3, 0.4) is 0 Å². The Balaban J connectivity index is 2.46. The van der Waals surface area contributed by atoms with Crippen LogP contribution < -0.4 is 5.32 Å². The Morgan fingerprint density at radius 2 is 1.91 bits per heavy atom. The van der Waals surface area contributed by atoms with Crippen LogP contribution in [0.4, 0.5) is 4.79 Å². The topological polar surface area (TPSA) is 102 Å². The molecule has 7 nitrogen and oxygen atoms in total. The molecular formula is C15H19NO6. The standard InChI is InChI=1S/C15H19NO6/c1-21-14(19)9-12(7-8-13(17)18)16-15(20)22-10-11-5-3-2-4-6-11/h2-6,12H,7-10H2,1H3,(H,16,20)(H,17,18). The number of methoxy groups -OCH3 is 1. The molecule has 2 N–H and O–H groups in total. The third kappa shape index (κ3) is 7.28. The quantitative estimate of drug-likeness (QED) is 0.709. The molecule has 7 heteroatoms. The summed E-state index contributed by atoms with van der Waals surface area (Å²) in [6.07, 6.45) is -0.862. The molecule has 1 atom stereocenters. The van der Waals surface area contributed by atoms with E-state index in [0.717, 1.165) is 5.56 Å². The SMILES string of the molecule is COC(=O)CC(CCC(=O)O)NC(=O)OCc1ccccc1. The number of rotatable bonds is 8. The molecule has 1 rings (SSSR count). The van der Waals surface area contributed by atoms with Crippen molar-refractivity contribution in [3.63, 3.8) is 0 Å². The number of aliphatic carboxylic acids is 1. The van der Waals surface area contributed by atoms with Gasteiger partial charge in [-0.05, 0) is 12.0 Å². The van der Waals surface area contributed by atoms with Gasteiger partial charge in [0.1, 0.15) is 6.61 Å². The minimum Gasteiger partial charge on any atom is -0.481 e. The monoisotopic (exact) mass is 309 g/mol. The summed E-state index contributed by atoms with van der Waals surface area (Å²) in [5, 5.41) is 11.2. The van der Waals surface area contributed by atoms with Crippen molar-refractivity contribution in [3.8, 4) is 0 Å². The lowest BCUT2D eigenvalue weighted by atomic mass is 10.1. The number of nitrogens with one attached hydrogen (secondary N) is 1. The minimum atomic E-state index is -1.01. The summed E-state index contributed by atoms with van der Waals surface area (Å²) in [5.41, 5.74) is 0.827. The molecule has 0 spiro atoms. The van der Waals surface area contributed by atoms with Crippen LogP contribution in [0.25, 0.3) is 0 Å². The lowest BCUT2D eigenvalue weighted by molar-refractivity contribution is -0.142. The zero-order valence-electron chi connectivity index (χ0n) is 12.3. The largest absolute Gasteiger partial charge is 0.481 e. The highest BCUT2D eigenvalue weighted by Gasteiger charge is 2.18. The van der Waals surface area contributed by atoms with Gasteiger partial charge in [0.05, 0.1) is 13.5 Å². The summed E-state index contributed by atoms with van der Waals surface area (Å²) in [7, 11) is 1.23. The zero-order valence-corrected chi connectivity index (χ0v) is 12.3. The highest BCUT2D eigenvalue weighted by molar-refractivity contribution is 5.73. The molecule has 0 saturated heterocycles. The van der Waals surface area contributed by atoms with Crippen molar-refractivity contribution in [2.24, 2.45) is 0 Å². The second-order valence-corrected chi connectivity index (χ2v) is 4.62. The van der Waals surface area contributed by atoms with Crippen LogP contribution in [-0.2, 0) is 25.7 Å². The highest BCUT2D eigenvalue weighted by Crippen LogP contribution is 2.06. The number of carbonyl (C=O) groups excluding carboxylic acids is 2. The van der Waals surface area contributed by atoms with Gasteiger partial charge in [0.25, 0.3) is 0 Å². The molecule has 1 aromatic rings. The maximum Gasteiger partial charge on any atom is 0.407 e. The summed E-state index contributed by atoms with van der Waals surface area (Å²) in [6.45, 7) is 0.0938. The molecule has 1 unspecified atom stereocenters. The lowest BCUT2D eigenvalue weighted by Gasteiger charge is -2.16. The Kier molecular flexibility index (Phi) is 7.45. The number of hydrogen-bond donors (Lipinski definition) is 2. The molecule has 22 heavy (non-hydrogen) atoms. The number of carboxylic acids is 1. The summed E-state index contributed by atoms with van der Waals surface area (Å²) in [4.78, 5) is 33.6. The third-order valence-corrected chi connectivity index (χ3v) is 2.88. The molecule has 1 aromatic carbocycles. The van der Waals surface area contributed by atoms with Crippen LogP contribution in [0.1, 0.15) is 24.8 Å². The van der Waals surface area contributed by atoms with Crippen LogP contribution in [-0.4, -0.2) is 36.3 Å². The van der Waals surface area contributed by atoms with Gasteiger partial charge >= 0.3 is 18.0 Å². The third-order valence-electron chi connectivity index (χ3n) is 2.88. The Hall–Kier alpha value is -2.57. The Bertz CT molecular complexity index is 502. The first-order valence-electron chi connectivity index (χ1n) is 6.77. The molecule has 1 amide bonds. The average Bonchev–Trinajstić information content (AvgIpc) is 2.51. The lowest BCUT2D eigenvalue weighted by Crippen LogP contribution is -2.37. The van der Waals surface area contributed by atoms with Crippen molar-refractivity contribution in [1.82, 2.24) is 5.32 Å². The van der Waals surface area contributed by atoms with Crippen LogP contribution in [0.2, 0.25) is 0 Å². The number of ether oxygens (including phenoxy) is 2. The van der Waals surface area contributed by atoms with E-state index in [-0.39, 0.29) is 25.9 Å². The van der Waals surface area contributed by atoms with E-state index >= 15 is 0 Å². The maximum atomic E-state index is 11.7. The van der Waals surface area contributed by atoms with E-state index < -0.39 is 24.1 Å². The van der Waals surface area contributed by atoms with Crippen LogP contribution >= 0.6 is 0 Å². The summed E-state index contributed by atoms with van der Waals surface area (Å²) < 4.78 is 9.55. The Morgan fingerprint density at radius 3 is 2.50 bits per heavy atom. The van der Waals surface area contributed by atoms with Gasteiger partial charge in [-0.15, -0.1) is 0 Å². The molecular weight excluding hydrogens is 290 g/mol. The molecule has 0 bridgehead atoms. The van der Waals surface area contributed by atoms with Gasteiger partial charge < -0.3 is 19.9 Å². The molecule has 0 aliphatic carbocycles. The van der Waals surface area contributed by atoms with Crippen molar-refractivity contribution in [3.05, 3.63) is 35.9 Å². The van der Waals surface area contributed by atoms with Crippen molar-refractivity contribution >= 4 is 18.0 Å². The Labute approximate surface area is 128 Å². The number of benzene rings is 1. The first-order valence-corrected chi connectivity index (χ1v) is 6.77. The molecule has 0 fully saturated rings. The van der Waals surface area contributed by atoms with Crippen LogP contribution in [0.5, 0.6) is 0 Å². The number of carbonyl (C=O) groups is 3. The second-order valence-electron chi connectivity index (χ2n) is 4.62. The average molecular weight is 309 g/mol. The normalized spacial score (nSPS) is 11.3. The van der Waals surface area contributed by atoms with E-state index in [2.05, 4.69) is 10.1 Å².